The quantitative estimate of drug-likeness (QED) is 0.678. The minimum atomic E-state index is 1.02. The van der Waals surface area contributed by atoms with Crippen LogP contribution in [0.25, 0.3) is 21.8 Å². The Balaban J connectivity index is 1.57. The molecule has 0 aliphatic carbocycles. The van der Waals surface area contributed by atoms with E-state index in [-0.39, 0.29) is 0 Å². The minimum absolute atomic E-state index is 1.02. The Morgan fingerprint density at radius 1 is 1.00 bits per heavy atom. The first-order valence-electron chi connectivity index (χ1n) is 9.09. The number of pyridine rings is 1. The first-order valence-corrected chi connectivity index (χ1v) is 9.09. The number of benzene rings is 2. The lowest BCUT2D eigenvalue weighted by Gasteiger charge is -2.23. The number of rotatable bonds is 3. The predicted octanol–water partition coefficient (Wildman–Crippen LogP) is 4.11. The lowest BCUT2D eigenvalue weighted by Crippen LogP contribution is -2.31. The Morgan fingerprint density at radius 2 is 1.88 bits per heavy atom. The summed E-state index contributed by atoms with van der Waals surface area (Å²) in [6.07, 6.45) is 2.73. The van der Waals surface area contributed by atoms with Crippen LogP contribution in [0.15, 0.2) is 36.4 Å². The summed E-state index contributed by atoms with van der Waals surface area (Å²) in [4.78, 5) is 10.1. The van der Waals surface area contributed by atoms with Gasteiger partial charge in [0.05, 0.1) is 11.0 Å². The molecule has 2 aliphatic heterocycles. The van der Waals surface area contributed by atoms with Crippen LogP contribution in [0, 0.1) is 6.92 Å². The Morgan fingerprint density at radius 3 is 2.75 bits per heavy atom. The molecule has 0 spiro atoms. The van der Waals surface area contributed by atoms with Gasteiger partial charge in [0.25, 0.3) is 0 Å². The Kier molecular flexibility index (Phi) is 3.23. The van der Waals surface area contributed by atoms with E-state index in [0.717, 1.165) is 24.1 Å². The van der Waals surface area contributed by atoms with Crippen LogP contribution in [0.4, 0.5) is 5.69 Å². The maximum atomic E-state index is 4.92. The highest BCUT2D eigenvalue weighted by atomic mass is 15.2. The van der Waals surface area contributed by atoms with E-state index in [0.29, 0.717) is 0 Å². The SMILES string of the molecule is Cc1ccc2nc3cccc4c3c(c2c1)CN4CCN1CCCC1. The molecule has 122 valence electrons. The molecule has 0 N–H and O–H groups in total. The van der Waals surface area contributed by atoms with Crippen molar-refractivity contribution in [3.8, 4) is 0 Å². The molecule has 24 heavy (non-hydrogen) atoms. The second-order valence-corrected chi connectivity index (χ2v) is 7.25. The topological polar surface area (TPSA) is 19.4 Å². The molecule has 0 bridgehead atoms. The summed E-state index contributed by atoms with van der Waals surface area (Å²) in [5.74, 6) is 0. The van der Waals surface area contributed by atoms with Gasteiger partial charge in [-0.05, 0) is 62.7 Å². The zero-order valence-corrected chi connectivity index (χ0v) is 14.3. The van der Waals surface area contributed by atoms with E-state index in [2.05, 4.69) is 53.1 Å². The molecule has 3 heterocycles. The third kappa shape index (κ3) is 2.19. The van der Waals surface area contributed by atoms with Gasteiger partial charge in [0, 0.05) is 36.1 Å². The maximum Gasteiger partial charge on any atom is 0.0734 e. The van der Waals surface area contributed by atoms with Crippen LogP contribution >= 0.6 is 0 Å². The molecular weight excluding hydrogens is 294 g/mol. The maximum absolute atomic E-state index is 4.92. The monoisotopic (exact) mass is 317 g/mol. The van der Waals surface area contributed by atoms with Crippen LogP contribution in [0.5, 0.6) is 0 Å². The van der Waals surface area contributed by atoms with Crippen molar-refractivity contribution in [2.45, 2.75) is 26.3 Å². The van der Waals surface area contributed by atoms with Crippen LogP contribution in [-0.2, 0) is 6.54 Å². The highest BCUT2D eigenvalue weighted by molar-refractivity contribution is 6.06. The molecule has 3 aromatic rings. The number of nitrogens with zero attached hydrogens (tertiary/aromatic N) is 3. The van der Waals surface area contributed by atoms with Gasteiger partial charge in [0.2, 0.25) is 0 Å². The van der Waals surface area contributed by atoms with Gasteiger partial charge in [0.1, 0.15) is 0 Å². The van der Waals surface area contributed by atoms with Crippen molar-refractivity contribution < 1.29 is 0 Å². The third-order valence-electron chi connectivity index (χ3n) is 5.61. The fraction of sp³-hybridized carbons (Fsp3) is 0.381. The van der Waals surface area contributed by atoms with Crippen LogP contribution in [0.1, 0.15) is 24.0 Å². The molecular formula is C21H23N3. The van der Waals surface area contributed by atoms with Gasteiger partial charge in [-0.1, -0.05) is 17.7 Å². The number of fused-ring (bicyclic) bond motifs is 2. The molecule has 3 nitrogen and oxygen atoms in total. The van der Waals surface area contributed by atoms with Gasteiger partial charge >= 0.3 is 0 Å². The van der Waals surface area contributed by atoms with Crippen molar-refractivity contribution in [1.82, 2.24) is 9.88 Å². The Hall–Kier alpha value is -2.13. The van der Waals surface area contributed by atoms with Crippen molar-refractivity contribution in [1.29, 1.82) is 0 Å². The minimum Gasteiger partial charge on any atom is -0.365 e. The van der Waals surface area contributed by atoms with Crippen molar-refractivity contribution in [3.05, 3.63) is 47.5 Å². The van der Waals surface area contributed by atoms with E-state index in [1.54, 1.807) is 0 Å². The molecule has 0 saturated carbocycles. The predicted molar refractivity (Wildman–Crippen MR) is 101 cm³/mol. The summed E-state index contributed by atoms with van der Waals surface area (Å²) in [6.45, 7) is 8.02. The number of anilines is 1. The molecule has 3 heteroatoms. The van der Waals surface area contributed by atoms with Crippen molar-refractivity contribution in [2.75, 3.05) is 31.1 Å². The number of aromatic nitrogens is 1. The summed E-state index contributed by atoms with van der Waals surface area (Å²) in [5.41, 5.74) is 6.42. The zero-order valence-electron chi connectivity index (χ0n) is 14.3. The number of hydrogen-bond acceptors (Lipinski definition) is 3. The molecule has 1 saturated heterocycles. The lowest BCUT2D eigenvalue weighted by atomic mass is 10.0. The van der Waals surface area contributed by atoms with Gasteiger partial charge < -0.3 is 9.80 Å². The summed E-state index contributed by atoms with van der Waals surface area (Å²) in [5, 5.41) is 2.70. The van der Waals surface area contributed by atoms with Gasteiger partial charge in [-0.25, -0.2) is 4.98 Å². The van der Waals surface area contributed by atoms with E-state index in [9.17, 15) is 0 Å². The molecule has 2 aromatic carbocycles. The van der Waals surface area contributed by atoms with E-state index < -0.39 is 0 Å². The number of aryl methyl sites for hydroxylation is 1. The average molecular weight is 317 g/mol. The van der Waals surface area contributed by atoms with E-state index >= 15 is 0 Å². The van der Waals surface area contributed by atoms with Crippen LogP contribution < -0.4 is 4.90 Å². The summed E-state index contributed by atoms with van der Waals surface area (Å²) >= 11 is 0. The lowest BCUT2D eigenvalue weighted by molar-refractivity contribution is 0.345. The highest BCUT2D eigenvalue weighted by Crippen LogP contribution is 2.40. The zero-order chi connectivity index (χ0) is 16.1. The fourth-order valence-corrected chi connectivity index (χ4v) is 4.36. The molecule has 0 amide bonds. The van der Waals surface area contributed by atoms with Gasteiger partial charge in [-0.15, -0.1) is 0 Å². The van der Waals surface area contributed by atoms with Gasteiger partial charge in [-0.3, -0.25) is 0 Å². The van der Waals surface area contributed by atoms with Gasteiger partial charge in [0.15, 0.2) is 0 Å². The second-order valence-electron chi connectivity index (χ2n) is 7.25. The normalized spacial score (nSPS) is 17.5. The second kappa shape index (κ2) is 5.45. The molecule has 0 radical (unpaired) electrons. The van der Waals surface area contributed by atoms with E-state index in [4.69, 9.17) is 4.98 Å². The fourth-order valence-electron chi connectivity index (χ4n) is 4.36. The molecule has 1 aromatic heterocycles. The first-order chi connectivity index (χ1) is 11.8. The smallest absolute Gasteiger partial charge is 0.0734 e. The van der Waals surface area contributed by atoms with Crippen molar-refractivity contribution in [2.24, 2.45) is 0 Å². The average Bonchev–Trinajstić information content (AvgIpc) is 3.23. The molecule has 0 atom stereocenters. The molecule has 1 fully saturated rings. The molecule has 2 aliphatic rings. The van der Waals surface area contributed by atoms with Crippen LogP contribution in [0.3, 0.4) is 0 Å². The van der Waals surface area contributed by atoms with E-state index in [1.165, 1.54) is 60.1 Å². The number of likely N-dealkylation sites (tertiary alicyclic amines) is 1. The molecule has 0 unspecified atom stereocenters. The van der Waals surface area contributed by atoms with Crippen LogP contribution in [0.2, 0.25) is 0 Å². The summed E-state index contributed by atoms with van der Waals surface area (Å²) in [7, 11) is 0. The summed E-state index contributed by atoms with van der Waals surface area (Å²) < 4.78 is 0. The molecule has 5 rings (SSSR count). The highest BCUT2D eigenvalue weighted by Gasteiger charge is 2.25. The third-order valence-corrected chi connectivity index (χ3v) is 5.61. The van der Waals surface area contributed by atoms with Crippen molar-refractivity contribution >= 4 is 27.5 Å². The van der Waals surface area contributed by atoms with Crippen LogP contribution in [-0.4, -0.2) is 36.1 Å². The Bertz CT molecular complexity index is 925. The standard InChI is InChI=1S/C21H23N3/c1-15-7-8-18-16(13-15)17-14-24(12-11-23-9-2-3-10-23)20-6-4-5-19(22-18)21(17)20/h4-8,13H,2-3,9-12,14H2,1H3. The van der Waals surface area contributed by atoms with E-state index in [1.807, 2.05) is 0 Å². The number of hydrogen-bond donors (Lipinski definition) is 0. The van der Waals surface area contributed by atoms with Crippen molar-refractivity contribution in [3.63, 3.8) is 0 Å². The Labute approximate surface area is 142 Å². The first kappa shape index (κ1) is 14.2. The van der Waals surface area contributed by atoms with Gasteiger partial charge in [-0.2, -0.15) is 0 Å². The largest absolute Gasteiger partial charge is 0.365 e. The summed E-state index contributed by atoms with van der Waals surface area (Å²) in [6, 6.07) is 13.2.